The zero-order valence-corrected chi connectivity index (χ0v) is 11.7. The van der Waals surface area contributed by atoms with Crippen LogP contribution in [0.5, 0.6) is 0 Å². The third-order valence-corrected chi connectivity index (χ3v) is 4.40. The summed E-state index contributed by atoms with van der Waals surface area (Å²) in [5.41, 5.74) is 2.62. The van der Waals surface area contributed by atoms with Gasteiger partial charge in [-0.1, -0.05) is 31.4 Å². The number of rotatable bonds is 2. The normalized spacial score (nSPS) is 23.3. The molecule has 1 aromatic carbocycles. The summed E-state index contributed by atoms with van der Waals surface area (Å²) >= 11 is 0. The van der Waals surface area contributed by atoms with Crippen molar-refractivity contribution in [2.45, 2.75) is 57.3 Å². The summed E-state index contributed by atoms with van der Waals surface area (Å²) in [5.74, 6) is 1.96. The minimum Gasteiger partial charge on any atom is -0.374 e. The van der Waals surface area contributed by atoms with Crippen LogP contribution in [0, 0.1) is 0 Å². The summed E-state index contributed by atoms with van der Waals surface area (Å²) in [4.78, 5) is 4.71. The molecule has 0 bridgehead atoms. The standard InChI is InChI=1S/C17H24N2/c1-2-6-14(7-3-1)15-9-11-16(12-10-15)19-17-8-4-5-13-18-17/h9-12,14H,1-8,13H2,(H,18,19). The van der Waals surface area contributed by atoms with Crippen LogP contribution in [0.3, 0.4) is 0 Å². The van der Waals surface area contributed by atoms with Crippen molar-refractivity contribution in [1.82, 2.24) is 5.32 Å². The number of hydrogen-bond acceptors (Lipinski definition) is 1. The summed E-state index contributed by atoms with van der Waals surface area (Å²) < 4.78 is 0. The van der Waals surface area contributed by atoms with E-state index in [9.17, 15) is 0 Å². The van der Waals surface area contributed by atoms with Crippen LogP contribution >= 0.6 is 0 Å². The highest BCUT2D eigenvalue weighted by atomic mass is 15.0. The van der Waals surface area contributed by atoms with Gasteiger partial charge in [0.05, 0.1) is 5.69 Å². The van der Waals surface area contributed by atoms with E-state index >= 15 is 0 Å². The van der Waals surface area contributed by atoms with Crippen molar-refractivity contribution in [2.75, 3.05) is 6.54 Å². The van der Waals surface area contributed by atoms with Gasteiger partial charge in [0.15, 0.2) is 0 Å². The predicted octanol–water partition coefficient (Wildman–Crippen LogP) is 4.54. The van der Waals surface area contributed by atoms with Gasteiger partial charge in [-0.2, -0.15) is 0 Å². The van der Waals surface area contributed by atoms with Crippen LogP contribution in [0.25, 0.3) is 0 Å². The van der Waals surface area contributed by atoms with Gasteiger partial charge in [-0.3, -0.25) is 0 Å². The molecule has 0 radical (unpaired) electrons. The predicted molar refractivity (Wildman–Crippen MR) is 81.2 cm³/mol. The van der Waals surface area contributed by atoms with E-state index in [4.69, 9.17) is 4.99 Å². The molecule has 0 spiro atoms. The van der Waals surface area contributed by atoms with Gasteiger partial charge in [0.25, 0.3) is 0 Å². The number of amidine groups is 1. The lowest BCUT2D eigenvalue weighted by Gasteiger charge is -2.22. The SMILES string of the molecule is c1cc(C2CCCCC2)ccc1/N=C1\CCCCN1. The highest BCUT2D eigenvalue weighted by Gasteiger charge is 2.15. The van der Waals surface area contributed by atoms with Crippen molar-refractivity contribution >= 4 is 11.5 Å². The Labute approximate surface area is 116 Å². The number of aliphatic imine (C=N–C) groups is 1. The molecular weight excluding hydrogens is 232 g/mol. The van der Waals surface area contributed by atoms with E-state index < -0.39 is 0 Å². The Kier molecular flexibility index (Phi) is 4.16. The van der Waals surface area contributed by atoms with E-state index in [1.807, 2.05) is 0 Å². The monoisotopic (exact) mass is 256 g/mol. The minimum absolute atomic E-state index is 0.795. The number of piperidine rings is 1. The number of nitrogens with zero attached hydrogens (tertiary/aromatic N) is 1. The molecule has 1 saturated heterocycles. The first-order valence-corrected chi connectivity index (χ1v) is 7.83. The largest absolute Gasteiger partial charge is 0.374 e. The first-order valence-electron chi connectivity index (χ1n) is 7.83. The lowest BCUT2D eigenvalue weighted by Crippen LogP contribution is -2.28. The highest BCUT2D eigenvalue weighted by Crippen LogP contribution is 2.33. The molecule has 0 amide bonds. The van der Waals surface area contributed by atoms with E-state index in [1.165, 1.54) is 50.5 Å². The maximum Gasteiger partial charge on any atom is 0.102 e. The quantitative estimate of drug-likeness (QED) is 0.825. The van der Waals surface area contributed by atoms with Crippen molar-refractivity contribution in [3.63, 3.8) is 0 Å². The van der Waals surface area contributed by atoms with E-state index in [0.717, 1.165) is 30.4 Å². The molecule has 2 fully saturated rings. The Morgan fingerprint density at radius 2 is 1.68 bits per heavy atom. The summed E-state index contributed by atoms with van der Waals surface area (Å²) in [5, 5.41) is 3.40. The molecule has 1 saturated carbocycles. The lowest BCUT2D eigenvalue weighted by molar-refractivity contribution is 0.443. The van der Waals surface area contributed by atoms with Gasteiger partial charge in [0.2, 0.25) is 0 Å². The van der Waals surface area contributed by atoms with Crippen LogP contribution in [0.2, 0.25) is 0 Å². The van der Waals surface area contributed by atoms with Crippen molar-refractivity contribution in [2.24, 2.45) is 4.99 Å². The van der Waals surface area contributed by atoms with Gasteiger partial charge in [-0.05, 0) is 49.3 Å². The number of benzene rings is 1. The molecule has 1 heterocycles. The molecule has 0 unspecified atom stereocenters. The van der Waals surface area contributed by atoms with Crippen LogP contribution in [0.4, 0.5) is 5.69 Å². The van der Waals surface area contributed by atoms with E-state index in [2.05, 4.69) is 29.6 Å². The van der Waals surface area contributed by atoms with E-state index in [-0.39, 0.29) is 0 Å². The average molecular weight is 256 g/mol. The Morgan fingerprint density at radius 3 is 2.37 bits per heavy atom. The van der Waals surface area contributed by atoms with Crippen LogP contribution in [0.1, 0.15) is 62.8 Å². The third kappa shape index (κ3) is 3.37. The second-order valence-electron chi connectivity index (χ2n) is 5.87. The summed E-state index contributed by atoms with van der Waals surface area (Å²) in [6.45, 7) is 1.08. The Bertz CT molecular complexity index is 419. The summed E-state index contributed by atoms with van der Waals surface area (Å²) in [7, 11) is 0. The van der Waals surface area contributed by atoms with Gasteiger partial charge in [0.1, 0.15) is 5.84 Å². The fourth-order valence-corrected chi connectivity index (χ4v) is 3.25. The van der Waals surface area contributed by atoms with Gasteiger partial charge < -0.3 is 5.32 Å². The first-order chi connectivity index (χ1) is 9.42. The van der Waals surface area contributed by atoms with Crippen LogP contribution in [-0.4, -0.2) is 12.4 Å². The topological polar surface area (TPSA) is 24.4 Å². The fraction of sp³-hybridized carbons (Fsp3) is 0.588. The Hall–Kier alpha value is -1.31. The number of hydrogen-bond donors (Lipinski definition) is 1. The molecule has 0 aromatic heterocycles. The molecule has 1 N–H and O–H groups in total. The Balaban J connectivity index is 1.67. The highest BCUT2D eigenvalue weighted by molar-refractivity contribution is 5.85. The maximum atomic E-state index is 4.71. The first kappa shape index (κ1) is 12.7. The molecular formula is C17H24N2. The van der Waals surface area contributed by atoms with Crippen LogP contribution in [0.15, 0.2) is 29.3 Å². The molecule has 0 atom stereocenters. The van der Waals surface area contributed by atoms with Crippen LogP contribution in [-0.2, 0) is 0 Å². The summed E-state index contributed by atoms with van der Waals surface area (Å²) in [6.07, 6.45) is 10.6. The fourth-order valence-electron chi connectivity index (χ4n) is 3.25. The van der Waals surface area contributed by atoms with Crippen LogP contribution < -0.4 is 5.32 Å². The molecule has 2 aliphatic rings. The third-order valence-electron chi connectivity index (χ3n) is 4.40. The van der Waals surface area contributed by atoms with Crippen molar-refractivity contribution in [3.05, 3.63) is 29.8 Å². The molecule has 2 heteroatoms. The van der Waals surface area contributed by atoms with Crippen molar-refractivity contribution in [1.29, 1.82) is 0 Å². The molecule has 1 aliphatic heterocycles. The van der Waals surface area contributed by atoms with Crippen molar-refractivity contribution < 1.29 is 0 Å². The smallest absolute Gasteiger partial charge is 0.102 e. The van der Waals surface area contributed by atoms with Crippen molar-refractivity contribution in [3.8, 4) is 0 Å². The molecule has 1 aliphatic carbocycles. The van der Waals surface area contributed by atoms with E-state index in [0.29, 0.717) is 0 Å². The van der Waals surface area contributed by atoms with E-state index in [1.54, 1.807) is 0 Å². The molecule has 3 rings (SSSR count). The zero-order valence-electron chi connectivity index (χ0n) is 11.7. The van der Waals surface area contributed by atoms with Gasteiger partial charge in [-0.25, -0.2) is 4.99 Å². The summed E-state index contributed by atoms with van der Waals surface area (Å²) in [6, 6.07) is 8.96. The second-order valence-corrected chi connectivity index (χ2v) is 5.87. The number of nitrogens with one attached hydrogen (secondary N) is 1. The second kappa shape index (κ2) is 6.23. The van der Waals surface area contributed by atoms with Gasteiger partial charge >= 0.3 is 0 Å². The maximum absolute atomic E-state index is 4.71. The minimum atomic E-state index is 0.795. The zero-order chi connectivity index (χ0) is 12.9. The Morgan fingerprint density at radius 1 is 0.895 bits per heavy atom. The molecule has 2 nitrogen and oxygen atoms in total. The lowest BCUT2D eigenvalue weighted by atomic mass is 9.84. The van der Waals surface area contributed by atoms with Gasteiger partial charge in [0, 0.05) is 13.0 Å². The average Bonchev–Trinajstić information content (AvgIpc) is 2.50. The molecule has 1 aromatic rings. The molecule has 102 valence electrons. The van der Waals surface area contributed by atoms with Gasteiger partial charge in [-0.15, -0.1) is 0 Å². The molecule has 19 heavy (non-hydrogen) atoms.